The summed E-state index contributed by atoms with van der Waals surface area (Å²) in [6.45, 7) is 1.82. The number of carbonyl (C=O) groups is 1. The predicted octanol–water partition coefficient (Wildman–Crippen LogP) is 3.09. The number of hydrogen-bond donors (Lipinski definition) is 2. The summed E-state index contributed by atoms with van der Waals surface area (Å²) < 4.78 is 0. The maximum absolute atomic E-state index is 11.9. The van der Waals surface area contributed by atoms with Gasteiger partial charge in [0.1, 0.15) is 0 Å². The Hall–Kier alpha value is -2.88. The number of nitrogen functional groups attached to an aromatic ring is 1. The maximum Gasteiger partial charge on any atom is 0.271 e. The molecule has 2 aromatic rings. The molecule has 21 heavy (non-hydrogen) atoms. The van der Waals surface area contributed by atoms with Gasteiger partial charge < -0.3 is 5.73 Å². The Balaban J connectivity index is 1.95. The largest absolute Gasteiger partial charge is 0.399 e. The van der Waals surface area contributed by atoms with E-state index in [1.165, 1.54) is 0 Å². The minimum Gasteiger partial charge on any atom is -0.399 e. The van der Waals surface area contributed by atoms with Crippen molar-refractivity contribution in [1.29, 1.82) is 0 Å². The van der Waals surface area contributed by atoms with E-state index in [1.54, 1.807) is 24.3 Å². The minimum atomic E-state index is -0.262. The molecule has 0 radical (unpaired) electrons. The molecular formula is C17H17N3O. The number of allylic oxidation sites excluding steroid dienone is 1. The third kappa shape index (κ3) is 4.62. The average molecular weight is 279 g/mol. The van der Waals surface area contributed by atoms with Crippen LogP contribution in [0.2, 0.25) is 0 Å². The van der Waals surface area contributed by atoms with Crippen molar-refractivity contribution in [3.05, 3.63) is 71.8 Å². The molecule has 0 atom stereocenters. The summed E-state index contributed by atoms with van der Waals surface area (Å²) in [5, 5.41) is 4.04. The fraction of sp³-hybridized carbons (Fsp3) is 0.0588. The zero-order chi connectivity index (χ0) is 15.1. The van der Waals surface area contributed by atoms with Gasteiger partial charge in [0.25, 0.3) is 5.91 Å². The molecule has 106 valence electrons. The number of amides is 1. The standard InChI is InChI=1S/C17H17N3O/c1-13(7-8-14-5-3-2-4-6-14)19-20-17(21)15-9-11-16(18)12-10-15/h2-12H,18H2,1H3,(H,20,21)/b8-7-,19-13?. The molecule has 0 saturated carbocycles. The van der Waals surface area contributed by atoms with Crippen LogP contribution in [0.4, 0.5) is 5.69 Å². The predicted molar refractivity (Wildman–Crippen MR) is 86.9 cm³/mol. The van der Waals surface area contributed by atoms with Crippen molar-refractivity contribution in [2.75, 3.05) is 5.73 Å². The number of nitrogens with two attached hydrogens (primary N) is 1. The van der Waals surface area contributed by atoms with Crippen molar-refractivity contribution >= 4 is 23.4 Å². The van der Waals surface area contributed by atoms with Crippen LogP contribution in [-0.4, -0.2) is 11.6 Å². The monoisotopic (exact) mass is 279 g/mol. The van der Waals surface area contributed by atoms with Crippen molar-refractivity contribution in [2.24, 2.45) is 5.10 Å². The van der Waals surface area contributed by atoms with E-state index in [9.17, 15) is 4.79 Å². The Morgan fingerprint density at radius 2 is 1.76 bits per heavy atom. The lowest BCUT2D eigenvalue weighted by atomic mass is 10.2. The molecule has 0 aliphatic heterocycles. The molecule has 0 aliphatic carbocycles. The van der Waals surface area contributed by atoms with Crippen LogP contribution in [0.1, 0.15) is 22.8 Å². The molecular weight excluding hydrogens is 262 g/mol. The van der Waals surface area contributed by atoms with Crippen molar-refractivity contribution in [3.8, 4) is 0 Å². The molecule has 0 heterocycles. The smallest absolute Gasteiger partial charge is 0.271 e. The topological polar surface area (TPSA) is 67.5 Å². The molecule has 0 spiro atoms. The second-order valence-corrected chi connectivity index (χ2v) is 4.56. The molecule has 0 aromatic heterocycles. The van der Waals surface area contributed by atoms with E-state index in [4.69, 9.17) is 5.73 Å². The number of benzene rings is 2. The van der Waals surface area contributed by atoms with Gasteiger partial charge in [-0.3, -0.25) is 4.79 Å². The first kappa shape index (κ1) is 14.5. The van der Waals surface area contributed by atoms with E-state index in [0.717, 1.165) is 5.56 Å². The molecule has 4 heteroatoms. The SMILES string of the molecule is CC(/C=C\c1ccccc1)=NNC(=O)c1ccc(N)cc1. The van der Waals surface area contributed by atoms with E-state index in [1.807, 2.05) is 49.4 Å². The third-order valence-electron chi connectivity index (χ3n) is 2.82. The van der Waals surface area contributed by atoms with Gasteiger partial charge in [-0.1, -0.05) is 36.4 Å². The number of hydrazone groups is 1. The Bertz CT molecular complexity index is 658. The summed E-state index contributed by atoms with van der Waals surface area (Å²) in [6.07, 6.45) is 3.78. The molecule has 0 bridgehead atoms. The van der Waals surface area contributed by atoms with Gasteiger partial charge in [0.2, 0.25) is 0 Å². The summed E-state index contributed by atoms with van der Waals surface area (Å²) in [7, 11) is 0. The third-order valence-corrected chi connectivity index (χ3v) is 2.82. The normalized spacial score (nSPS) is 11.6. The molecule has 4 nitrogen and oxygen atoms in total. The van der Waals surface area contributed by atoms with Gasteiger partial charge in [-0.2, -0.15) is 5.10 Å². The second-order valence-electron chi connectivity index (χ2n) is 4.56. The lowest BCUT2D eigenvalue weighted by Crippen LogP contribution is -2.18. The van der Waals surface area contributed by atoms with Gasteiger partial charge in [0.05, 0.1) is 5.71 Å². The first-order valence-corrected chi connectivity index (χ1v) is 6.58. The van der Waals surface area contributed by atoms with Crippen LogP contribution < -0.4 is 11.2 Å². The van der Waals surface area contributed by atoms with E-state index < -0.39 is 0 Å². The number of nitrogens with one attached hydrogen (secondary N) is 1. The first-order valence-electron chi connectivity index (χ1n) is 6.58. The van der Waals surface area contributed by atoms with Crippen LogP contribution in [0, 0.1) is 0 Å². The molecule has 1 amide bonds. The highest BCUT2D eigenvalue weighted by molar-refractivity contribution is 5.99. The zero-order valence-electron chi connectivity index (χ0n) is 11.8. The van der Waals surface area contributed by atoms with Crippen LogP contribution in [0.3, 0.4) is 0 Å². The number of anilines is 1. The molecule has 2 aromatic carbocycles. The number of rotatable bonds is 4. The quantitative estimate of drug-likeness (QED) is 0.513. The number of nitrogens with zero attached hydrogens (tertiary/aromatic N) is 1. The van der Waals surface area contributed by atoms with Gasteiger partial charge in [-0.25, -0.2) is 5.43 Å². The van der Waals surface area contributed by atoms with Crippen molar-refractivity contribution in [2.45, 2.75) is 6.92 Å². The minimum absolute atomic E-state index is 0.262. The summed E-state index contributed by atoms with van der Waals surface area (Å²) in [5.74, 6) is -0.262. The van der Waals surface area contributed by atoms with E-state index in [2.05, 4.69) is 10.5 Å². The highest BCUT2D eigenvalue weighted by Gasteiger charge is 2.02. The molecule has 2 rings (SSSR count). The van der Waals surface area contributed by atoms with Crippen molar-refractivity contribution in [3.63, 3.8) is 0 Å². The molecule has 3 N–H and O–H groups in total. The van der Waals surface area contributed by atoms with Crippen molar-refractivity contribution in [1.82, 2.24) is 5.43 Å². The van der Waals surface area contributed by atoms with Gasteiger partial charge in [0, 0.05) is 11.3 Å². The Kier molecular flexibility index (Phi) is 4.88. The highest BCUT2D eigenvalue weighted by Crippen LogP contribution is 2.05. The van der Waals surface area contributed by atoms with Gasteiger partial charge in [0.15, 0.2) is 0 Å². The molecule has 0 aliphatic rings. The fourth-order valence-corrected chi connectivity index (χ4v) is 1.66. The Morgan fingerprint density at radius 1 is 1.10 bits per heavy atom. The van der Waals surface area contributed by atoms with Crippen LogP contribution in [0.15, 0.2) is 65.8 Å². The van der Waals surface area contributed by atoms with Gasteiger partial charge >= 0.3 is 0 Å². The first-order chi connectivity index (χ1) is 10.1. The Morgan fingerprint density at radius 3 is 2.43 bits per heavy atom. The lowest BCUT2D eigenvalue weighted by molar-refractivity contribution is 0.0955. The van der Waals surface area contributed by atoms with Crippen molar-refractivity contribution < 1.29 is 4.79 Å². The number of carbonyl (C=O) groups excluding carboxylic acids is 1. The van der Waals surface area contributed by atoms with Crippen LogP contribution in [0.5, 0.6) is 0 Å². The van der Waals surface area contributed by atoms with Gasteiger partial charge in [-0.15, -0.1) is 0 Å². The second kappa shape index (κ2) is 7.05. The Labute approximate surface area is 124 Å². The average Bonchev–Trinajstić information content (AvgIpc) is 2.52. The molecule has 0 unspecified atom stereocenters. The van der Waals surface area contributed by atoms with E-state index in [-0.39, 0.29) is 5.91 Å². The zero-order valence-corrected chi connectivity index (χ0v) is 11.8. The summed E-state index contributed by atoms with van der Waals surface area (Å²) in [4.78, 5) is 11.9. The summed E-state index contributed by atoms with van der Waals surface area (Å²) in [5.41, 5.74) is 11.0. The molecule has 0 saturated heterocycles. The fourth-order valence-electron chi connectivity index (χ4n) is 1.66. The summed E-state index contributed by atoms with van der Waals surface area (Å²) in [6, 6.07) is 16.6. The molecule has 0 fully saturated rings. The van der Waals surface area contributed by atoms with E-state index in [0.29, 0.717) is 17.0 Å². The van der Waals surface area contributed by atoms with Crippen LogP contribution in [-0.2, 0) is 0 Å². The van der Waals surface area contributed by atoms with Gasteiger partial charge in [-0.05, 0) is 42.8 Å². The summed E-state index contributed by atoms with van der Waals surface area (Å²) >= 11 is 0. The van der Waals surface area contributed by atoms with Crippen LogP contribution in [0.25, 0.3) is 6.08 Å². The van der Waals surface area contributed by atoms with E-state index >= 15 is 0 Å². The highest BCUT2D eigenvalue weighted by atomic mass is 16.2. The number of hydrogen-bond acceptors (Lipinski definition) is 3. The van der Waals surface area contributed by atoms with Crippen LogP contribution >= 0.6 is 0 Å². The maximum atomic E-state index is 11.9. The lowest BCUT2D eigenvalue weighted by Gasteiger charge is -2.01.